The molecule has 1 aromatic rings. The standard InChI is InChI=1S/C14H19N3O/c18-14(11-4-2-1-3-5-11)17-9-7-12(10-17)13-6-8-15-16-13/h1-2,6,8,11-12H,3-5,7,9-10H2,(H,15,16)/t11-,12+/m0/s1. The van der Waals surface area contributed by atoms with Crippen LogP contribution in [0.25, 0.3) is 0 Å². The molecule has 2 heterocycles. The van der Waals surface area contributed by atoms with Crippen molar-refractivity contribution >= 4 is 5.91 Å². The number of carbonyl (C=O) groups is 1. The second kappa shape index (κ2) is 4.96. The number of aromatic amines is 1. The number of H-pyrrole nitrogens is 1. The minimum Gasteiger partial charge on any atom is -0.342 e. The first-order valence-electron chi connectivity index (χ1n) is 6.77. The van der Waals surface area contributed by atoms with Gasteiger partial charge in [0.1, 0.15) is 0 Å². The van der Waals surface area contributed by atoms with Crippen LogP contribution in [0.3, 0.4) is 0 Å². The number of nitrogens with zero attached hydrogens (tertiary/aromatic N) is 2. The van der Waals surface area contributed by atoms with E-state index >= 15 is 0 Å². The van der Waals surface area contributed by atoms with Gasteiger partial charge in [0.05, 0.1) is 0 Å². The minimum absolute atomic E-state index is 0.218. The maximum atomic E-state index is 12.4. The van der Waals surface area contributed by atoms with Gasteiger partial charge in [-0.2, -0.15) is 5.10 Å². The van der Waals surface area contributed by atoms with Crippen LogP contribution in [0.2, 0.25) is 0 Å². The average Bonchev–Trinajstić information content (AvgIpc) is 3.09. The van der Waals surface area contributed by atoms with E-state index in [2.05, 4.69) is 22.3 Å². The van der Waals surface area contributed by atoms with Crippen molar-refractivity contribution in [2.24, 2.45) is 5.92 Å². The number of likely N-dealkylation sites (tertiary alicyclic amines) is 1. The van der Waals surface area contributed by atoms with Gasteiger partial charge in [0.15, 0.2) is 0 Å². The molecule has 2 aliphatic rings. The highest BCUT2D eigenvalue weighted by Gasteiger charge is 2.31. The molecule has 1 N–H and O–H groups in total. The molecule has 96 valence electrons. The average molecular weight is 245 g/mol. The number of aromatic nitrogens is 2. The summed E-state index contributed by atoms with van der Waals surface area (Å²) in [4.78, 5) is 14.4. The van der Waals surface area contributed by atoms with Crippen LogP contribution in [0.5, 0.6) is 0 Å². The highest BCUT2D eigenvalue weighted by Crippen LogP contribution is 2.29. The van der Waals surface area contributed by atoms with Crippen molar-refractivity contribution in [3.8, 4) is 0 Å². The lowest BCUT2D eigenvalue weighted by Crippen LogP contribution is -2.34. The van der Waals surface area contributed by atoms with Crippen molar-refractivity contribution in [2.45, 2.75) is 31.6 Å². The lowest BCUT2D eigenvalue weighted by atomic mass is 9.93. The van der Waals surface area contributed by atoms with E-state index in [1.165, 1.54) is 0 Å². The third kappa shape index (κ3) is 2.19. The van der Waals surface area contributed by atoms with Crippen molar-refractivity contribution < 1.29 is 4.79 Å². The highest BCUT2D eigenvalue weighted by atomic mass is 16.2. The number of nitrogens with one attached hydrogen (secondary N) is 1. The lowest BCUT2D eigenvalue weighted by Gasteiger charge is -2.24. The fourth-order valence-corrected chi connectivity index (χ4v) is 2.98. The van der Waals surface area contributed by atoms with Gasteiger partial charge < -0.3 is 4.90 Å². The van der Waals surface area contributed by atoms with Crippen LogP contribution in [-0.2, 0) is 4.79 Å². The predicted molar refractivity (Wildman–Crippen MR) is 69.0 cm³/mol. The maximum absolute atomic E-state index is 12.4. The molecule has 0 spiro atoms. The molecule has 0 unspecified atom stereocenters. The fourth-order valence-electron chi connectivity index (χ4n) is 2.98. The number of amides is 1. The Kier molecular flexibility index (Phi) is 3.17. The summed E-state index contributed by atoms with van der Waals surface area (Å²) in [5.41, 5.74) is 1.16. The summed E-state index contributed by atoms with van der Waals surface area (Å²) >= 11 is 0. The summed E-state index contributed by atoms with van der Waals surface area (Å²) in [7, 11) is 0. The van der Waals surface area contributed by atoms with E-state index in [4.69, 9.17) is 0 Å². The molecule has 4 nitrogen and oxygen atoms in total. The number of hydrogen-bond acceptors (Lipinski definition) is 2. The van der Waals surface area contributed by atoms with E-state index in [1.54, 1.807) is 6.20 Å². The van der Waals surface area contributed by atoms with Crippen LogP contribution >= 0.6 is 0 Å². The summed E-state index contributed by atoms with van der Waals surface area (Å²) in [5, 5.41) is 7.01. The Morgan fingerprint density at radius 3 is 3.06 bits per heavy atom. The van der Waals surface area contributed by atoms with Crippen molar-refractivity contribution in [1.29, 1.82) is 0 Å². The van der Waals surface area contributed by atoms with E-state index < -0.39 is 0 Å². The Hall–Kier alpha value is -1.58. The molecule has 0 aromatic carbocycles. The van der Waals surface area contributed by atoms with Crippen molar-refractivity contribution in [3.63, 3.8) is 0 Å². The molecule has 1 aliphatic carbocycles. The molecule has 1 saturated heterocycles. The van der Waals surface area contributed by atoms with E-state index in [0.717, 1.165) is 44.5 Å². The fraction of sp³-hybridized carbons (Fsp3) is 0.571. The normalized spacial score (nSPS) is 27.7. The molecule has 3 rings (SSSR count). The Balaban J connectivity index is 1.61. The van der Waals surface area contributed by atoms with Crippen molar-refractivity contribution in [3.05, 3.63) is 30.1 Å². The number of carbonyl (C=O) groups excluding carboxylic acids is 1. The molecule has 1 aliphatic heterocycles. The Morgan fingerprint density at radius 2 is 2.33 bits per heavy atom. The van der Waals surface area contributed by atoms with Crippen molar-refractivity contribution in [1.82, 2.24) is 15.1 Å². The summed E-state index contributed by atoms with van der Waals surface area (Å²) < 4.78 is 0. The smallest absolute Gasteiger partial charge is 0.226 e. The lowest BCUT2D eigenvalue weighted by molar-refractivity contribution is -0.134. The van der Waals surface area contributed by atoms with Crippen LogP contribution in [-0.4, -0.2) is 34.1 Å². The second-order valence-electron chi connectivity index (χ2n) is 5.26. The highest BCUT2D eigenvalue weighted by molar-refractivity contribution is 5.79. The van der Waals surface area contributed by atoms with Crippen LogP contribution in [0.15, 0.2) is 24.4 Å². The molecule has 0 saturated carbocycles. The molecular formula is C14H19N3O. The van der Waals surface area contributed by atoms with Crippen LogP contribution in [0.1, 0.15) is 37.3 Å². The first-order chi connectivity index (χ1) is 8.84. The topological polar surface area (TPSA) is 49.0 Å². The van der Waals surface area contributed by atoms with E-state index in [9.17, 15) is 4.79 Å². The molecule has 0 radical (unpaired) electrons. The van der Waals surface area contributed by atoms with Gasteiger partial charge in [-0.1, -0.05) is 12.2 Å². The molecule has 1 aromatic heterocycles. The second-order valence-corrected chi connectivity index (χ2v) is 5.26. The zero-order valence-electron chi connectivity index (χ0n) is 10.5. The predicted octanol–water partition coefficient (Wildman–Crippen LogP) is 2.08. The summed E-state index contributed by atoms with van der Waals surface area (Å²) in [6.45, 7) is 1.74. The van der Waals surface area contributed by atoms with Gasteiger partial charge in [-0.15, -0.1) is 0 Å². The van der Waals surface area contributed by atoms with Crippen LogP contribution in [0, 0.1) is 5.92 Å². The van der Waals surface area contributed by atoms with Gasteiger partial charge in [-0.25, -0.2) is 0 Å². The van der Waals surface area contributed by atoms with Gasteiger partial charge in [0, 0.05) is 36.8 Å². The number of rotatable bonds is 2. The quantitative estimate of drug-likeness (QED) is 0.811. The number of hydrogen-bond donors (Lipinski definition) is 1. The zero-order valence-corrected chi connectivity index (χ0v) is 10.5. The summed E-state index contributed by atoms with van der Waals surface area (Å²) in [5.74, 6) is 1.01. The Bertz CT molecular complexity index is 438. The summed E-state index contributed by atoms with van der Waals surface area (Å²) in [6.07, 6.45) is 10.1. The largest absolute Gasteiger partial charge is 0.342 e. The first kappa shape index (κ1) is 11.5. The minimum atomic E-state index is 0.218. The third-order valence-corrected chi connectivity index (χ3v) is 4.08. The van der Waals surface area contributed by atoms with Gasteiger partial charge in [-0.05, 0) is 31.7 Å². The SMILES string of the molecule is O=C([C@H]1CC=CCC1)N1CC[C@@H](c2ccn[nH]2)C1. The molecule has 2 atom stereocenters. The van der Waals surface area contributed by atoms with E-state index in [-0.39, 0.29) is 5.92 Å². The van der Waals surface area contributed by atoms with Gasteiger partial charge in [0.25, 0.3) is 0 Å². The maximum Gasteiger partial charge on any atom is 0.226 e. The molecule has 0 bridgehead atoms. The molecule has 4 heteroatoms. The number of allylic oxidation sites excluding steroid dienone is 2. The van der Waals surface area contributed by atoms with Crippen molar-refractivity contribution in [2.75, 3.05) is 13.1 Å². The van der Waals surface area contributed by atoms with Gasteiger partial charge in [-0.3, -0.25) is 9.89 Å². The van der Waals surface area contributed by atoms with Gasteiger partial charge >= 0.3 is 0 Å². The van der Waals surface area contributed by atoms with Gasteiger partial charge in [0.2, 0.25) is 5.91 Å². The van der Waals surface area contributed by atoms with Crippen LogP contribution in [0.4, 0.5) is 0 Å². The molecular weight excluding hydrogens is 226 g/mol. The van der Waals surface area contributed by atoms with E-state index in [0.29, 0.717) is 11.8 Å². The third-order valence-electron chi connectivity index (χ3n) is 4.08. The Morgan fingerprint density at radius 1 is 1.39 bits per heavy atom. The van der Waals surface area contributed by atoms with Crippen LogP contribution < -0.4 is 0 Å². The summed E-state index contributed by atoms with van der Waals surface area (Å²) in [6, 6.07) is 2.02. The Labute approximate surface area is 107 Å². The zero-order chi connectivity index (χ0) is 12.4. The first-order valence-corrected chi connectivity index (χ1v) is 6.77. The molecule has 1 amide bonds. The monoisotopic (exact) mass is 245 g/mol. The molecule has 1 fully saturated rings. The van der Waals surface area contributed by atoms with E-state index in [1.807, 2.05) is 11.0 Å². The molecule has 18 heavy (non-hydrogen) atoms.